The van der Waals surface area contributed by atoms with Gasteiger partial charge in [0.1, 0.15) is 0 Å². The Labute approximate surface area is 70.0 Å². The number of allylic oxidation sites excluding steroid dienone is 4. The fourth-order valence-corrected chi connectivity index (χ4v) is 0.882. The van der Waals surface area contributed by atoms with Crippen LogP contribution in [0.15, 0.2) is 23.3 Å². The topological polar surface area (TPSA) is 0 Å². The van der Waals surface area contributed by atoms with Crippen LogP contribution in [0.3, 0.4) is 0 Å². The van der Waals surface area contributed by atoms with Gasteiger partial charge in [-0.15, -0.1) is 6.42 Å². The van der Waals surface area contributed by atoms with Crippen molar-refractivity contribution in [3.05, 3.63) is 23.3 Å². The largest absolute Gasteiger partial charge is 0.115 e. The van der Waals surface area contributed by atoms with Crippen molar-refractivity contribution in [2.45, 2.75) is 33.6 Å². The summed E-state index contributed by atoms with van der Waals surface area (Å²) in [6, 6.07) is 0. The fourth-order valence-electron chi connectivity index (χ4n) is 0.882. The third-order valence-corrected chi connectivity index (χ3v) is 1.75. The number of hydrogen-bond donors (Lipinski definition) is 0. The molecule has 0 fully saturated rings. The number of terminal acetylenes is 1. The van der Waals surface area contributed by atoms with E-state index in [-0.39, 0.29) is 0 Å². The summed E-state index contributed by atoms with van der Waals surface area (Å²) < 4.78 is 0. The van der Waals surface area contributed by atoms with E-state index in [0.717, 1.165) is 18.4 Å². The second-order valence-electron chi connectivity index (χ2n) is 2.40. The molecule has 0 bridgehead atoms. The van der Waals surface area contributed by atoms with Crippen LogP contribution in [0, 0.1) is 12.3 Å². The molecule has 0 unspecified atom stereocenters. The Morgan fingerprint density at radius 1 is 1.36 bits per heavy atom. The molecule has 0 heterocycles. The molecule has 0 spiro atoms. The molecule has 0 aromatic carbocycles. The molecule has 60 valence electrons. The number of rotatable bonds is 3. The van der Waals surface area contributed by atoms with Gasteiger partial charge < -0.3 is 0 Å². The molecule has 0 aromatic rings. The lowest BCUT2D eigenvalue weighted by Gasteiger charge is -1.98. The Balaban J connectivity index is 4.39. The lowest BCUT2D eigenvalue weighted by molar-refractivity contribution is 0.976. The normalized spacial score (nSPS) is 10.5. The molecule has 0 aliphatic heterocycles. The first-order valence-corrected chi connectivity index (χ1v) is 4.10. The average Bonchev–Trinajstić information content (AvgIpc) is 2.07. The molecule has 0 atom stereocenters. The van der Waals surface area contributed by atoms with Crippen LogP contribution in [0.2, 0.25) is 0 Å². The second kappa shape index (κ2) is 5.80. The van der Waals surface area contributed by atoms with Gasteiger partial charge in [0.15, 0.2) is 0 Å². The molecular formula is C11H16. The van der Waals surface area contributed by atoms with Crippen LogP contribution in [-0.4, -0.2) is 0 Å². The van der Waals surface area contributed by atoms with E-state index in [0.29, 0.717) is 0 Å². The molecule has 0 N–H and O–H groups in total. The van der Waals surface area contributed by atoms with E-state index in [1.807, 2.05) is 13.0 Å². The molecular weight excluding hydrogens is 132 g/mol. The number of hydrogen-bond acceptors (Lipinski definition) is 0. The van der Waals surface area contributed by atoms with E-state index in [9.17, 15) is 0 Å². The van der Waals surface area contributed by atoms with Crippen LogP contribution in [0.1, 0.15) is 33.6 Å². The van der Waals surface area contributed by atoms with Crippen molar-refractivity contribution in [2.24, 2.45) is 0 Å². The van der Waals surface area contributed by atoms with Gasteiger partial charge in [0.05, 0.1) is 0 Å². The maximum Gasteiger partial charge on any atom is 0.0199 e. The predicted octanol–water partition coefficient (Wildman–Crippen LogP) is 3.31. The molecule has 0 nitrogen and oxygen atoms in total. The van der Waals surface area contributed by atoms with Crippen molar-refractivity contribution in [1.29, 1.82) is 0 Å². The predicted molar refractivity (Wildman–Crippen MR) is 51.3 cm³/mol. The molecule has 11 heavy (non-hydrogen) atoms. The van der Waals surface area contributed by atoms with E-state index < -0.39 is 0 Å². The molecule has 0 saturated heterocycles. The zero-order chi connectivity index (χ0) is 8.69. The molecule has 0 rings (SSSR count). The van der Waals surface area contributed by atoms with Crippen molar-refractivity contribution in [3.8, 4) is 12.3 Å². The van der Waals surface area contributed by atoms with Crippen LogP contribution < -0.4 is 0 Å². The minimum atomic E-state index is 0.990. The smallest absolute Gasteiger partial charge is 0.0199 e. The zero-order valence-electron chi connectivity index (χ0n) is 7.65. The Hall–Kier alpha value is -0.960. The summed E-state index contributed by atoms with van der Waals surface area (Å²) in [6.45, 7) is 6.27. The van der Waals surface area contributed by atoms with Crippen molar-refractivity contribution in [1.82, 2.24) is 0 Å². The monoisotopic (exact) mass is 148 g/mol. The summed E-state index contributed by atoms with van der Waals surface area (Å²) in [4.78, 5) is 0. The summed E-state index contributed by atoms with van der Waals surface area (Å²) in [5.74, 6) is 2.64. The standard InChI is InChI=1S/C11H16/c1-5-10(6-2)9-11(7-3)8-4/h1,6,9H,7-8H2,2-4H3/b10-6-. The van der Waals surface area contributed by atoms with Gasteiger partial charge in [0.25, 0.3) is 0 Å². The van der Waals surface area contributed by atoms with Crippen LogP contribution in [0.4, 0.5) is 0 Å². The highest BCUT2D eigenvalue weighted by molar-refractivity contribution is 5.37. The van der Waals surface area contributed by atoms with Gasteiger partial charge in [-0.2, -0.15) is 0 Å². The van der Waals surface area contributed by atoms with Gasteiger partial charge >= 0.3 is 0 Å². The van der Waals surface area contributed by atoms with Crippen LogP contribution in [0.5, 0.6) is 0 Å². The lowest BCUT2D eigenvalue weighted by atomic mass is 10.1. The third kappa shape index (κ3) is 3.68. The van der Waals surface area contributed by atoms with Crippen LogP contribution in [-0.2, 0) is 0 Å². The first-order chi connectivity index (χ1) is 5.28. The zero-order valence-corrected chi connectivity index (χ0v) is 7.65. The van der Waals surface area contributed by atoms with Crippen molar-refractivity contribution in [2.75, 3.05) is 0 Å². The maximum absolute atomic E-state index is 5.28. The van der Waals surface area contributed by atoms with E-state index in [1.165, 1.54) is 5.57 Å². The van der Waals surface area contributed by atoms with E-state index in [4.69, 9.17) is 6.42 Å². The lowest BCUT2D eigenvalue weighted by Crippen LogP contribution is -1.79. The van der Waals surface area contributed by atoms with E-state index >= 15 is 0 Å². The average molecular weight is 148 g/mol. The first kappa shape index (κ1) is 10.0. The fraction of sp³-hybridized carbons (Fsp3) is 0.455. The molecule has 0 radical (unpaired) electrons. The molecule has 0 aliphatic carbocycles. The van der Waals surface area contributed by atoms with E-state index in [1.54, 1.807) is 0 Å². The van der Waals surface area contributed by atoms with Gasteiger partial charge in [0.2, 0.25) is 0 Å². The highest BCUT2D eigenvalue weighted by Crippen LogP contribution is 2.09. The first-order valence-electron chi connectivity index (χ1n) is 4.10. The molecule has 0 heteroatoms. The summed E-state index contributed by atoms with van der Waals surface area (Å²) in [7, 11) is 0. The Morgan fingerprint density at radius 2 is 1.91 bits per heavy atom. The van der Waals surface area contributed by atoms with Gasteiger partial charge in [-0.05, 0) is 25.8 Å². The van der Waals surface area contributed by atoms with Gasteiger partial charge in [-0.3, -0.25) is 0 Å². The van der Waals surface area contributed by atoms with E-state index in [2.05, 4.69) is 25.8 Å². The summed E-state index contributed by atoms with van der Waals surface area (Å²) in [6.07, 6.45) is 11.5. The SMILES string of the molecule is C#C/C(C=C(CC)CC)=C/C. The Morgan fingerprint density at radius 3 is 2.18 bits per heavy atom. The molecule has 0 amide bonds. The molecule has 0 aromatic heterocycles. The third-order valence-electron chi connectivity index (χ3n) is 1.75. The Kier molecular flexibility index (Phi) is 5.29. The van der Waals surface area contributed by atoms with Crippen LogP contribution in [0.25, 0.3) is 0 Å². The summed E-state index contributed by atoms with van der Waals surface area (Å²) >= 11 is 0. The minimum absolute atomic E-state index is 0.990. The maximum atomic E-state index is 5.28. The highest BCUT2D eigenvalue weighted by Gasteiger charge is 1.90. The molecule has 0 saturated carbocycles. The highest BCUT2D eigenvalue weighted by atomic mass is 14.0. The van der Waals surface area contributed by atoms with Crippen molar-refractivity contribution in [3.63, 3.8) is 0 Å². The van der Waals surface area contributed by atoms with Crippen molar-refractivity contribution >= 4 is 0 Å². The second-order valence-corrected chi connectivity index (χ2v) is 2.40. The van der Waals surface area contributed by atoms with Crippen molar-refractivity contribution < 1.29 is 0 Å². The van der Waals surface area contributed by atoms with Gasteiger partial charge in [0, 0.05) is 5.57 Å². The minimum Gasteiger partial charge on any atom is -0.115 e. The quantitative estimate of drug-likeness (QED) is 0.425. The van der Waals surface area contributed by atoms with Gasteiger partial charge in [-0.25, -0.2) is 0 Å². The molecule has 0 aliphatic rings. The summed E-state index contributed by atoms with van der Waals surface area (Å²) in [5.41, 5.74) is 2.40. The van der Waals surface area contributed by atoms with Gasteiger partial charge in [-0.1, -0.05) is 31.4 Å². The summed E-state index contributed by atoms with van der Waals surface area (Å²) in [5, 5.41) is 0. The Bertz CT molecular complexity index is 193. The van der Waals surface area contributed by atoms with Crippen LogP contribution >= 0.6 is 0 Å².